The molecule has 0 spiro atoms. The van der Waals surface area contributed by atoms with Crippen LogP contribution in [-0.4, -0.2) is 25.7 Å². The number of primary amides is 1. The van der Waals surface area contributed by atoms with Gasteiger partial charge in [-0.1, -0.05) is 6.07 Å². The van der Waals surface area contributed by atoms with Crippen molar-refractivity contribution in [1.82, 2.24) is 0 Å². The van der Waals surface area contributed by atoms with E-state index >= 15 is 0 Å². The monoisotopic (exact) mass is 243 g/mol. The van der Waals surface area contributed by atoms with Crippen LogP contribution in [0.1, 0.15) is 12.0 Å². The van der Waals surface area contributed by atoms with Gasteiger partial charge in [0.2, 0.25) is 5.91 Å². The third kappa shape index (κ3) is 3.23. The van der Waals surface area contributed by atoms with Gasteiger partial charge in [-0.15, -0.1) is 0 Å². The van der Waals surface area contributed by atoms with E-state index in [0.717, 1.165) is 6.26 Å². The Bertz CT molecular complexity index is 508. The fraction of sp³-hybridized carbons (Fsp3) is 0.300. The molecule has 0 bridgehead atoms. The summed E-state index contributed by atoms with van der Waals surface area (Å²) in [6.07, 6.45) is 1.57. The van der Waals surface area contributed by atoms with Crippen LogP contribution in [0, 0.1) is 0 Å². The van der Waals surface area contributed by atoms with Crippen molar-refractivity contribution in [2.45, 2.75) is 17.7 Å². The molecule has 0 saturated carbocycles. The zero-order valence-corrected chi connectivity index (χ0v) is 9.62. The van der Waals surface area contributed by atoms with Crippen LogP contribution in [0.15, 0.2) is 23.1 Å². The molecule has 1 rings (SSSR count). The number of hydrogen-bond donors (Lipinski definition) is 2. The highest BCUT2D eigenvalue weighted by molar-refractivity contribution is 7.90. The Hall–Kier alpha value is -1.56. The Morgan fingerprint density at radius 2 is 2.06 bits per heavy atom. The van der Waals surface area contributed by atoms with E-state index in [1.807, 2.05) is 0 Å². The number of aryl methyl sites for hydroxylation is 1. The van der Waals surface area contributed by atoms with Gasteiger partial charge in [0.25, 0.3) is 0 Å². The van der Waals surface area contributed by atoms with Gasteiger partial charge in [-0.2, -0.15) is 0 Å². The normalized spacial score (nSPS) is 11.3. The summed E-state index contributed by atoms with van der Waals surface area (Å²) in [4.78, 5) is 10.4. The highest BCUT2D eigenvalue weighted by atomic mass is 32.2. The van der Waals surface area contributed by atoms with Gasteiger partial charge < -0.3 is 10.8 Å². The van der Waals surface area contributed by atoms with Crippen LogP contribution in [0.25, 0.3) is 0 Å². The molecule has 1 aromatic carbocycles. The van der Waals surface area contributed by atoms with E-state index in [0.29, 0.717) is 12.0 Å². The first-order valence-electron chi connectivity index (χ1n) is 4.61. The van der Waals surface area contributed by atoms with E-state index in [1.165, 1.54) is 12.1 Å². The molecule has 3 N–H and O–H groups in total. The number of rotatable bonds is 4. The Balaban J connectivity index is 2.96. The molecule has 0 aliphatic carbocycles. The Labute approximate surface area is 93.8 Å². The van der Waals surface area contributed by atoms with Gasteiger partial charge in [0.05, 0.1) is 0 Å². The number of amides is 1. The molecule has 0 fully saturated rings. The zero-order chi connectivity index (χ0) is 12.3. The largest absolute Gasteiger partial charge is 0.507 e. The van der Waals surface area contributed by atoms with E-state index < -0.39 is 15.7 Å². The van der Waals surface area contributed by atoms with Crippen LogP contribution < -0.4 is 5.73 Å². The molecule has 6 heteroatoms. The summed E-state index contributed by atoms with van der Waals surface area (Å²) in [5, 5.41) is 9.50. The minimum absolute atomic E-state index is 0.115. The molecule has 0 saturated heterocycles. The maximum Gasteiger partial charge on any atom is 0.217 e. The first-order chi connectivity index (χ1) is 7.30. The average molecular weight is 243 g/mol. The van der Waals surface area contributed by atoms with Crippen molar-refractivity contribution in [2.24, 2.45) is 5.73 Å². The molecule has 0 heterocycles. The van der Waals surface area contributed by atoms with Crippen LogP contribution in [0.2, 0.25) is 0 Å². The summed E-state index contributed by atoms with van der Waals surface area (Å²) in [5.74, 6) is -0.740. The molecule has 16 heavy (non-hydrogen) atoms. The standard InChI is InChI=1S/C10H13NO4S/c1-16(14,15)9-4-2-7(6-8(9)12)3-5-10(11)13/h2,4,6,12H,3,5H2,1H3,(H2,11,13). The van der Waals surface area contributed by atoms with Crippen molar-refractivity contribution in [3.05, 3.63) is 23.8 Å². The highest BCUT2D eigenvalue weighted by Gasteiger charge is 2.13. The number of aromatic hydroxyl groups is 1. The maximum absolute atomic E-state index is 11.2. The van der Waals surface area contributed by atoms with Gasteiger partial charge in [0.15, 0.2) is 9.84 Å². The third-order valence-electron chi connectivity index (χ3n) is 2.08. The quantitative estimate of drug-likeness (QED) is 0.790. The SMILES string of the molecule is CS(=O)(=O)c1ccc(CCC(N)=O)cc1O. The molecule has 0 atom stereocenters. The van der Waals surface area contributed by atoms with Gasteiger partial charge >= 0.3 is 0 Å². The van der Waals surface area contributed by atoms with Crippen LogP contribution in [-0.2, 0) is 21.1 Å². The summed E-state index contributed by atoms with van der Waals surface area (Å²) >= 11 is 0. The maximum atomic E-state index is 11.2. The minimum Gasteiger partial charge on any atom is -0.507 e. The summed E-state index contributed by atoms with van der Waals surface area (Å²) < 4.78 is 22.4. The second-order valence-corrected chi connectivity index (χ2v) is 5.52. The summed E-state index contributed by atoms with van der Waals surface area (Å²) in [6, 6.07) is 4.21. The van der Waals surface area contributed by atoms with E-state index in [9.17, 15) is 18.3 Å². The number of phenols is 1. The Kier molecular flexibility index (Phi) is 3.54. The lowest BCUT2D eigenvalue weighted by Crippen LogP contribution is -2.11. The first kappa shape index (κ1) is 12.5. The van der Waals surface area contributed by atoms with E-state index in [4.69, 9.17) is 5.73 Å². The number of benzene rings is 1. The number of hydrogen-bond acceptors (Lipinski definition) is 4. The van der Waals surface area contributed by atoms with Crippen molar-refractivity contribution in [3.8, 4) is 5.75 Å². The number of sulfone groups is 1. The van der Waals surface area contributed by atoms with Crippen LogP contribution in [0.4, 0.5) is 0 Å². The van der Waals surface area contributed by atoms with E-state index in [2.05, 4.69) is 0 Å². The molecule has 1 aromatic rings. The van der Waals surface area contributed by atoms with Crippen molar-refractivity contribution >= 4 is 15.7 Å². The van der Waals surface area contributed by atoms with Crippen LogP contribution in [0.3, 0.4) is 0 Å². The van der Waals surface area contributed by atoms with Crippen molar-refractivity contribution in [1.29, 1.82) is 0 Å². The second-order valence-electron chi connectivity index (χ2n) is 3.54. The van der Waals surface area contributed by atoms with Gasteiger partial charge in [0.1, 0.15) is 10.6 Å². The minimum atomic E-state index is -3.42. The third-order valence-corrected chi connectivity index (χ3v) is 3.23. The van der Waals surface area contributed by atoms with Crippen molar-refractivity contribution in [3.63, 3.8) is 0 Å². The highest BCUT2D eigenvalue weighted by Crippen LogP contribution is 2.24. The van der Waals surface area contributed by atoms with Gasteiger partial charge in [0, 0.05) is 12.7 Å². The lowest BCUT2D eigenvalue weighted by Gasteiger charge is -2.05. The molecule has 0 aliphatic heterocycles. The molecule has 0 aliphatic rings. The molecule has 1 amide bonds. The first-order valence-corrected chi connectivity index (χ1v) is 6.50. The lowest BCUT2D eigenvalue weighted by molar-refractivity contribution is -0.117. The molecular formula is C10H13NO4S. The molecule has 0 aromatic heterocycles. The Morgan fingerprint density at radius 1 is 1.44 bits per heavy atom. The molecular weight excluding hydrogens is 230 g/mol. The predicted octanol–water partition coefficient (Wildman–Crippen LogP) is 0.214. The number of carbonyl (C=O) groups is 1. The van der Waals surface area contributed by atoms with Gasteiger partial charge in [-0.25, -0.2) is 8.42 Å². The Morgan fingerprint density at radius 3 is 2.50 bits per heavy atom. The number of phenolic OH excluding ortho intramolecular Hbond substituents is 1. The van der Waals surface area contributed by atoms with E-state index in [-0.39, 0.29) is 17.1 Å². The van der Waals surface area contributed by atoms with Crippen molar-refractivity contribution < 1.29 is 18.3 Å². The van der Waals surface area contributed by atoms with Gasteiger partial charge in [-0.05, 0) is 24.1 Å². The summed E-state index contributed by atoms with van der Waals surface area (Å²) in [7, 11) is -3.42. The van der Waals surface area contributed by atoms with Gasteiger partial charge in [-0.3, -0.25) is 4.79 Å². The van der Waals surface area contributed by atoms with Crippen LogP contribution in [0.5, 0.6) is 5.75 Å². The predicted molar refractivity (Wildman–Crippen MR) is 58.7 cm³/mol. The number of carbonyl (C=O) groups excluding carboxylic acids is 1. The smallest absolute Gasteiger partial charge is 0.217 e. The molecule has 88 valence electrons. The fourth-order valence-electron chi connectivity index (χ4n) is 1.30. The van der Waals surface area contributed by atoms with Crippen molar-refractivity contribution in [2.75, 3.05) is 6.26 Å². The topological polar surface area (TPSA) is 97.5 Å². The average Bonchev–Trinajstić information content (AvgIpc) is 2.12. The molecule has 0 radical (unpaired) electrons. The van der Waals surface area contributed by atoms with Crippen LogP contribution >= 0.6 is 0 Å². The zero-order valence-electron chi connectivity index (χ0n) is 8.80. The van der Waals surface area contributed by atoms with E-state index in [1.54, 1.807) is 6.07 Å². The summed E-state index contributed by atoms with van der Waals surface area (Å²) in [6.45, 7) is 0. The lowest BCUT2D eigenvalue weighted by atomic mass is 10.1. The molecule has 0 unspecified atom stereocenters. The fourth-order valence-corrected chi connectivity index (χ4v) is 2.05. The molecule has 5 nitrogen and oxygen atoms in total. The summed E-state index contributed by atoms with van der Waals surface area (Å²) in [5.41, 5.74) is 5.65. The number of nitrogens with two attached hydrogens (primary N) is 1. The second kappa shape index (κ2) is 4.52.